The van der Waals surface area contributed by atoms with Gasteiger partial charge in [0.25, 0.3) is 0 Å². The molecule has 1 aliphatic rings. The lowest BCUT2D eigenvalue weighted by Crippen LogP contribution is -2.52. The number of nitrogens with one attached hydrogen (secondary N) is 3. The van der Waals surface area contributed by atoms with Crippen LogP contribution in [0.4, 0.5) is 0 Å². The molecular formula is C24H37N3O4. The Bertz CT molecular complexity index is 702. The van der Waals surface area contributed by atoms with Gasteiger partial charge in [-0.15, -0.1) is 0 Å². The molecule has 0 aliphatic heterocycles. The van der Waals surface area contributed by atoms with Gasteiger partial charge in [-0.25, -0.2) is 5.48 Å². The number of carbonyl (C=O) groups is 3. The van der Waals surface area contributed by atoms with E-state index < -0.39 is 12.0 Å². The summed E-state index contributed by atoms with van der Waals surface area (Å²) in [5.74, 6) is -0.894. The van der Waals surface area contributed by atoms with Gasteiger partial charge in [-0.2, -0.15) is 0 Å². The van der Waals surface area contributed by atoms with Crippen molar-refractivity contribution in [1.82, 2.24) is 16.1 Å². The van der Waals surface area contributed by atoms with Crippen LogP contribution in [0.15, 0.2) is 30.3 Å². The van der Waals surface area contributed by atoms with Crippen LogP contribution >= 0.6 is 0 Å². The van der Waals surface area contributed by atoms with Crippen LogP contribution in [0.5, 0.6) is 0 Å². The first-order valence-electron chi connectivity index (χ1n) is 11.4. The maximum atomic E-state index is 13.1. The van der Waals surface area contributed by atoms with Crippen LogP contribution in [0, 0.1) is 17.8 Å². The van der Waals surface area contributed by atoms with Crippen LogP contribution in [0.2, 0.25) is 0 Å². The highest BCUT2D eigenvalue weighted by Gasteiger charge is 2.33. The summed E-state index contributed by atoms with van der Waals surface area (Å²) in [5.41, 5.74) is 3.39. The largest absolute Gasteiger partial charge is 0.357 e. The molecule has 1 fully saturated rings. The highest BCUT2D eigenvalue weighted by atomic mass is 16.6. The fourth-order valence-electron chi connectivity index (χ4n) is 4.18. The zero-order chi connectivity index (χ0) is 22.6. The van der Waals surface area contributed by atoms with Gasteiger partial charge in [-0.3, -0.25) is 19.2 Å². The smallest absolute Gasteiger partial charge is 0.244 e. The summed E-state index contributed by atoms with van der Waals surface area (Å²) >= 11 is 0. The molecule has 0 unspecified atom stereocenters. The quantitative estimate of drug-likeness (QED) is 0.469. The van der Waals surface area contributed by atoms with Gasteiger partial charge < -0.3 is 10.6 Å². The lowest BCUT2D eigenvalue weighted by atomic mass is 9.83. The van der Waals surface area contributed by atoms with E-state index in [0.29, 0.717) is 6.42 Å². The highest BCUT2D eigenvalue weighted by molar-refractivity contribution is 5.90. The zero-order valence-corrected chi connectivity index (χ0v) is 19.0. The van der Waals surface area contributed by atoms with E-state index in [4.69, 9.17) is 4.84 Å². The number of rotatable bonds is 11. The second-order valence-electron chi connectivity index (χ2n) is 8.83. The maximum absolute atomic E-state index is 13.1. The summed E-state index contributed by atoms with van der Waals surface area (Å²) in [5, 5.41) is 5.64. The van der Waals surface area contributed by atoms with Gasteiger partial charge >= 0.3 is 0 Å². The Morgan fingerprint density at radius 2 is 1.71 bits per heavy atom. The van der Waals surface area contributed by atoms with Crippen LogP contribution < -0.4 is 16.1 Å². The molecule has 7 nitrogen and oxygen atoms in total. The molecule has 3 N–H and O–H groups in total. The molecule has 1 aliphatic carbocycles. The van der Waals surface area contributed by atoms with Crippen molar-refractivity contribution >= 4 is 17.7 Å². The molecule has 1 saturated carbocycles. The summed E-state index contributed by atoms with van der Waals surface area (Å²) in [4.78, 5) is 43.3. The Balaban J connectivity index is 1.94. The Labute approximate surface area is 185 Å². The topological polar surface area (TPSA) is 96.5 Å². The molecule has 31 heavy (non-hydrogen) atoms. The standard InChI is InChI=1S/C24H37N3O4/c1-17(2)14-20(15-21(28)27-31-16-18-10-6-4-7-11-18)23(29)26-22(24(30)25-3)19-12-8-5-9-13-19/h4,6-7,10-11,17,19-20,22H,5,8-9,12-16H2,1-3H3,(H,25,30)(H,26,29)(H,27,28)/t20-,22+/m1/s1. The average molecular weight is 432 g/mol. The molecule has 0 spiro atoms. The Hall–Kier alpha value is -2.41. The van der Waals surface area contributed by atoms with Crippen molar-refractivity contribution in [2.75, 3.05) is 7.05 Å². The molecule has 3 amide bonds. The molecule has 0 saturated heterocycles. The summed E-state index contributed by atoms with van der Waals surface area (Å²) in [6.45, 7) is 4.29. The lowest BCUT2D eigenvalue weighted by Gasteiger charge is -2.31. The monoisotopic (exact) mass is 431 g/mol. The summed E-state index contributed by atoms with van der Waals surface area (Å²) in [6, 6.07) is 8.98. The molecule has 1 aromatic rings. The summed E-state index contributed by atoms with van der Waals surface area (Å²) in [7, 11) is 1.59. The first-order valence-corrected chi connectivity index (χ1v) is 11.4. The minimum atomic E-state index is -0.551. The van der Waals surface area contributed by atoms with Crippen molar-refractivity contribution in [2.45, 2.75) is 71.4 Å². The summed E-state index contributed by atoms with van der Waals surface area (Å²) < 4.78 is 0. The number of hydroxylamine groups is 1. The third kappa shape index (κ3) is 8.69. The van der Waals surface area contributed by atoms with Crippen molar-refractivity contribution in [1.29, 1.82) is 0 Å². The first-order chi connectivity index (χ1) is 14.9. The van der Waals surface area contributed by atoms with Crippen LogP contribution in [-0.4, -0.2) is 30.8 Å². The number of benzene rings is 1. The Morgan fingerprint density at radius 1 is 1.03 bits per heavy atom. The van der Waals surface area contributed by atoms with E-state index in [1.165, 1.54) is 6.42 Å². The molecule has 7 heteroatoms. The predicted molar refractivity (Wildman–Crippen MR) is 120 cm³/mol. The van der Waals surface area contributed by atoms with Gasteiger partial charge in [0.05, 0.1) is 6.61 Å². The molecule has 0 bridgehead atoms. The van der Waals surface area contributed by atoms with Gasteiger partial charge in [0.2, 0.25) is 17.7 Å². The van der Waals surface area contributed by atoms with E-state index in [1.54, 1.807) is 7.05 Å². The number of carbonyl (C=O) groups excluding carboxylic acids is 3. The number of likely N-dealkylation sites (N-methyl/N-ethyl adjacent to an activating group) is 1. The van der Waals surface area contributed by atoms with Crippen LogP contribution in [-0.2, 0) is 25.8 Å². The SMILES string of the molecule is CNC(=O)[C@@H](NC(=O)[C@@H](CC(=O)NOCc1ccccc1)CC(C)C)C1CCCCC1. The molecule has 2 rings (SSSR count). The number of amides is 3. The Morgan fingerprint density at radius 3 is 2.32 bits per heavy atom. The lowest BCUT2D eigenvalue weighted by molar-refractivity contribution is -0.140. The van der Waals surface area contributed by atoms with Crippen LogP contribution in [0.1, 0.15) is 64.4 Å². The van der Waals surface area contributed by atoms with Crippen molar-refractivity contribution in [3.63, 3.8) is 0 Å². The van der Waals surface area contributed by atoms with E-state index in [-0.39, 0.29) is 42.6 Å². The van der Waals surface area contributed by atoms with E-state index >= 15 is 0 Å². The number of hydrogen-bond acceptors (Lipinski definition) is 4. The van der Waals surface area contributed by atoms with Gasteiger partial charge in [-0.05, 0) is 36.7 Å². The average Bonchev–Trinajstić information content (AvgIpc) is 2.77. The van der Waals surface area contributed by atoms with Gasteiger partial charge in [0.1, 0.15) is 6.04 Å². The third-order valence-corrected chi connectivity index (χ3v) is 5.77. The Kier molecular flexibility index (Phi) is 10.5. The molecule has 172 valence electrons. The first kappa shape index (κ1) is 24.9. The van der Waals surface area contributed by atoms with Crippen LogP contribution in [0.3, 0.4) is 0 Å². The predicted octanol–water partition coefficient (Wildman–Crippen LogP) is 3.10. The van der Waals surface area contributed by atoms with Gasteiger partial charge in [0, 0.05) is 19.4 Å². The molecular weight excluding hydrogens is 394 g/mol. The molecule has 1 aromatic carbocycles. The van der Waals surface area contributed by atoms with Gasteiger partial charge in [0.15, 0.2) is 0 Å². The van der Waals surface area contributed by atoms with E-state index in [2.05, 4.69) is 16.1 Å². The molecule has 2 atom stereocenters. The zero-order valence-electron chi connectivity index (χ0n) is 19.0. The minimum absolute atomic E-state index is 0.0178. The van der Waals surface area contributed by atoms with Crippen molar-refractivity contribution in [3.05, 3.63) is 35.9 Å². The number of hydrogen-bond donors (Lipinski definition) is 3. The van der Waals surface area contributed by atoms with Crippen LogP contribution in [0.25, 0.3) is 0 Å². The normalized spacial score (nSPS) is 16.4. The molecule has 0 heterocycles. The van der Waals surface area contributed by atoms with E-state index in [1.807, 2.05) is 44.2 Å². The maximum Gasteiger partial charge on any atom is 0.244 e. The third-order valence-electron chi connectivity index (χ3n) is 5.77. The van der Waals surface area contributed by atoms with Crippen molar-refractivity contribution in [2.24, 2.45) is 17.8 Å². The second kappa shape index (κ2) is 13.1. The van der Waals surface area contributed by atoms with E-state index in [0.717, 1.165) is 31.2 Å². The second-order valence-corrected chi connectivity index (χ2v) is 8.83. The summed E-state index contributed by atoms with van der Waals surface area (Å²) in [6.07, 6.45) is 5.76. The highest BCUT2D eigenvalue weighted by Crippen LogP contribution is 2.27. The fourth-order valence-corrected chi connectivity index (χ4v) is 4.18. The van der Waals surface area contributed by atoms with Crippen molar-refractivity contribution in [3.8, 4) is 0 Å². The molecule has 0 radical (unpaired) electrons. The fraction of sp³-hybridized carbons (Fsp3) is 0.625. The van der Waals surface area contributed by atoms with Gasteiger partial charge in [-0.1, -0.05) is 63.4 Å². The molecule has 0 aromatic heterocycles. The van der Waals surface area contributed by atoms with E-state index in [9.17, 15) is 14.4 Å². The minimum Gasteiger partial charge on any atom is -0.357 e. The van der Waals surface area contributed by atoms with Crippen molar-refractivity contribution < 1.29 is 19.2 Å².